The lowest BCUT2D eigenvalue weighted by atomic mass is 10.1. The molecule has 1 aliphatic rings. The molecule has 0 aromatic rings. The molecule has 1 N–H and O–H groups in total. The summed E-state index contributed by atoms with van der Waals surface area (Å²) in [6.45, 7) is 6.55. The Kier molecular flexibility index (Phi) is 5.69. The maximum atomic E-state index is 11.8. The highest BCUT2D eigenvalue weighted by Gasteiger charge is 2.14. The van der Waals surface area contributed by atoms with Crippen LogP contribution >= 0.6 is 0 Å². The SMILES string of the molecule is CC(C)NCC(=O)N1CCCCCCC1. The number of carbonyl (C=O) groups is 1. The Balaban J connectivity index is 2.28. The molecular formula is C12H24N2O. The van der Waals surface area contributed by atoms with E-state index in [0.29, 0.717) is 12.6 Å². The molecule has 3 nitrogen and oxygen atoms in total. The van der Waals surface area contributed by atoms with Gasteiger partial charge < -0.3 is 10.2 Å². The highest BCUT2D eigenvalue weighted by molar-refractivity contribution is 5.78. The average Bonchev–Trinajstić information content (AvgIpc) is 2.13. The van der Waals surface area contributed by atoms with Gasteiger partial charge in [0.25, 0.3) is 0 Å². The minimum atomic E-state index is 0.269. The van der Waals surface area contributed by atoms with Crippen LogP contribution in [0.3, 0.4) is 0 Å². The highest BCUT2D eigenvalue weighted by atomic mass is 16.2. The molecule has 1 saturated heterocycles. The van der Waals surface area contributed by atoms with Gasteiger partial charge in [-0.05, 0) is 12.8 Å². The molecule has 0 spiro atoms. The first-order valence-electron chi connectivity index (χ1n) is 6.21. The Morgan fingerprint density at radius 2 is 1.67 bits per heavy atom. The van der Waals surface area contributed by atoms with Crippen LogP contribution in [0.4, 0.5) is 0 Å². The van der Waals surface area contributed by atoms with Crippen LogP contribution in [-0.4, -0.2) is 36.5 Å². The topological polar surface area (TPSA) is 32.3 Å². The fraction of sp³-hybridized carbons (Fsp3) is 0.917. The van der Waals surface area contributed by atoms with Gasteiger partial charge >= 0.3 is 0 Å². The molecule has 1 amide bonds. The van der Waals surface area contributed by atoms with E-state index in [0.717, 1.165) is 13.1 Å². The van der Waals surface area contributed by atoms with Gasteiger partial charge in [0.15, 0.2) is 0 Å². The van der Waals surface area contributed by atoms with E-state index in [4.69, 9.17) is 0 Å². The maximum absolute atomic E-state index is 11.8. The van der Waals surface area contributed by atoms with Gasteiger partial charge in [-0.25, -0.2) is 0 Å². The van der Waals surface area contributed by atoms with Crippen molar-refractivity contribution in [1.29, 1.82) is 0 Å². The lowest BCUT2D eigenvalue weighted by Crippen LogP contribution is -2.41. The van der Waals surface area contributed by atoms with Gasteiger partial charge in [-0.15, -0.1) is 0 Å². The van der Waals surface area contributed by atoms with E-state index in [1.165, 1.54) is 32.1 Å². The van der Waals surface area contributed by atoms with E-state index in [1.807, 2.05) is 4.90 Å². The molecule has 3 heteroatoms. The summed E-state index contributed by atoms with van der Waals surface area (Å²) in [6.07, 6.45) is 6.25. The summed E-state index contributed by atoms with van der Waals surface area (Å²) in [5.74, 6) is 0.269. The van der Waals surface area contributed by atoms with Crippen LogP contribution in [0.2, 0.25) is 0 Å². The predicted molar refractivity (Wildman–Crippen MR) is 62.8 cm³/mol. The second kappa shape index (κ2) is 6.83. The van der Waals surface area contributed by atoms with Crippen molar-refractivity contribution in [3.8, 4) is 0 Å². The Morgan fingerprint density at radius 1 is 1.13 bits per heavy atom. The Labute approximate surface area is 93.2 Å². The zero-order valence-electron chi connectivity index (χ0n) is 10.1. The third-order valence-electron chi connectivity index (χ3n) is 2.87. The Morgan fingerprint density at radius 3 is 2.20 bits per heavy atom. The van der Waals surface area contributed by atoms with Gasteiger partial charge in [0.1, 0.15) is 0 Å². The van der Waals surface area contributed by atoms with Crippen molar-refractivity contribution in [2.45, 2.75) is 52.0 Å². The first kappa shape index (κ1) is 12.5. The molecule has 1 heterocycles. The van der Waals surface area contributed by atoms with E-state index in [1.54, 1.807) is 0 Å². The van der Waals surface area contributed by atoms with Crippen LogP contribution in [0.5, 0.6) is 0 Å². The Bertz CT molecular complexity index is 184. The molecule has 0 unspecified atom stereocenters. The number of nitrogens with one attached hydrogen (secondary N) is 1. The van der Waals surface area contributed by atoms with Gasteiger partial charge in [-0.1, -0.05) is 33.1 Å². The van der Waals surface area contributed by atoms with Crippen molar-refractivity contribution in [3.05, 3.63) is 0 Å². The molecule has 88 valence electrons. The third-order valence-corrected chi connectivity index (χ3v) is 2.87. The number of carbonyl (C=O) groups excluding carboxylic acids is 1. The van der Waals surface area contributed by atoms with E-state index in [9.17, 15) is 4.79 Å². The van der Waals surface area contributed by atoms with E-state index in [-0.39, 0.29) is 5.91 Å². The van der Waals surface area contributed by atoms with Gasteiger partial charge in [-0.2, -0.15) is 0 Å². The fourth-order valence-corrected chi connectivity index (χ4v) is 1.90. The van der Waals surface area contributed by atoms with Crippen LogP contribution in [-0.2, 0) is 4.79 Å². The molecule has 0 saturated carbocycles. The summed E-state index contributed by atoms with van der Waals surface area (Å²) in [5.41, 5.74) is 0. The van der Waals surface area contributed by atoms with Crippen LogP contribution in [0, 0.1) is 0 Å². The molecule has 1 fully saturated rings. The quantitative estimate of drug-likeness (QED) is 0.773. The van der Waals surface area contributed by atoms with E-state index in [2.05, 4.69) is 19.2 Å². The molecule has 1 rings (SSSR count). The summed E-state index contributed by atoms with van der Waals surface area (Å²) in [4.78, 5) is 13.9. The van der Waals surface area contributed by atoms with Crippen molar-refractivity contribution in [3.63, 3.8) is 0 Å². The third kappa shape index (κ3) is 5.17. The van der Waals surface area contributed by atoms with Crippen LogP contribution in [0.1, 0.15) is 46.0 Å². The van der Waals surface area contributed by atoms with Crippen LogP contribution < -0.4 is 5.32 Å². The van der Waals surface area contributed by atoms with E-state index >= 15 is 0 Å². The number of hydrogen-bond donors (Lipinski definition) is 1. The first-order valence-corrected chi connectivity index (χ1v) is 6.21. The van der Waals surface area contributed by atoms with Gasteiger partial charge in [0.05, 0.1) is 6.54 Å². The molecule has 0 bridgehead atoms. The normalized spacial score (nSPS) is 18.7. The second-order valence-corrected chi connectivity index (χ2v) is 4.68. The number of amides is 1. The molecular weight excluding hydrogens is 188 g/mol. The fourth-order valence-electron chi connectivity index (χ4n) is 1.90. The smallest absolute Gasteiger partial charge is 0.236 e. The molecule has 0 aromatic heterocycles. The van der Waals surface area contributed by atoms with Crippen molar-refractivity contribution >= 4 is 5.91 Å². The number of rotatable bonds is 3. The van der Waals surface area contributed by atoms with Gasteiger partial charge in [0.2, 0.25) is 5.91 Å². The minimum absolute atomic E-state index is 0.269. The molecule has 0 aliphatic carbocycles. The molecule has 0 aromatic carbocycles. The number of hydrogen-bond acceptors (Lipinski definition) is 2. The molecule has 1 aliphatic heterocycles. The first-order chi connectivity index (χ1) is 7.20. The van der Waals surface area contributed by atoms with Crippen molar-refractivity contribution in [2.24, 2.45) is 0 Å². The summed E-state index contributed by atoms with van der Waals surface area (Å²) in [7, 11) is 0. The largest absolute Gasteiger partial charge is 0.342 e. The standard InChI is InChI=1S/C12H24N2O/c1-11(2)13-10-12(15)14-8-6-4-3-5-7-9-14/h11,13H,3-10H2,1-2H3. The zero-order valence-corrected chi connectivity index (χ0v) is 10.1. The van der Waals surface area contributed by atoms with Gasteiger partial charge in [0, 0.05) is 19.1 Å². The van der Waals surface area contributed by atoms with Crippen molar-refractivity contribution < 1.29 is 4.79 Å². The highest BCUT2D eigenvalue weighted by Crippen LogP contribution is 2.10. The van der Waals surface area contributed by atoms with Crippen LogP contribution in [0.15, 0.2) is 0 Å². The van der Waals surface area contributed by atoms with E-state index < -0.39 is 0 Å². The predicted octanol–water partition coefficient (Wildman–Crippen LogP) is 1.78. The Hall–Kier alpha value is -0.570. The molecule has 0 radical (unpaired) electrons. The van der Waals surface area contributed by atoms with Crippen molar-refractivity contribution in [2.75, 3.05) is 19.6 Å². The average molecular weight is 212 g/mol. The summed E-state index contributed by atoms with van der Waals surface area (Å²) >= 11 is 0. The monoisotopic (exact) mass is 212 g/mol. The summed E-state index contributed by atoms with van der Waals surface area (Å²) in [5, 5.41) is 3.19. The lowest BCUT2D eigenvalue weighted by Gasteiger charge is -2.25. The minimum Gasteiger partial charge on any atom is -0.342 e. The molecule has 0 atom stereocenters. The maximum Gasteiger partial charge on any atom is 0.236 e. The molecule has 15 heavy (non-hydrogen) atoms. The summed E-state index contributed by atoms with van der Waals surface area (Å²) in [6, 6.07) is 0.392. The summed E-state index contributed by atoms with van der Waals surface area (Å²) < 4.78 is 0. The van der Waals surface area contributed by atoms with Crippen LogP contribution in [0.25, 0.3) is 0 Å². The van der Waals surface area contributed by atoms with Crippen molar-refractivity contribution in [1.82, 2.24) is 10.2 Å². The number of likely N-dealkylation sites (tertiary alicyclic amines) is 1. The number of nitrogens with zero attached hydrogens (tertiary/aromatic N) is 1. The van der Waals surface area contributed by atoms with Gasteiger partial charge in [-0.3, -0.25) is 4.79 Å². The second-order valence-electron chi connectivity index (χ2n) is 4.68. The zero-order chi connectivity index (χ0) is 11.1. The lowest BCUT2D eigenvalue weighted by molar-refractivity contribution is -0.130.